The van der Waals surface area contributed by atoms with Gasteiger partial charge in [0.1, 0.15) is 0 Å². The van der Waals surface area contributed by atoms with Crippen LogP contribution in [0.4, 0.5) is 0 Å². The highest BCUT2D eigenvalue weighted by atomic mass is 15.1. The third-order valence-electron chi connectivity index (χ3n) is 1.68. The fourth-order valence-corrected chi connectivity index (χ4v) is 0.917. The van der Waals surface area contributed by atoms with Crippen LogP contribution in [-0.4, -0.2) is 26.2 Å². The molecular formula is C9H22N4. The van der Waals surface area contributed by atoms with Gasteiger partial charge in [0.2, 0.25) is 0 Å². The SMILES string of the molecule is CC=C(NCCCN)NCCCN. The standard InChI is InChI=1S/C9H22N4/c1-2-9(12-7-3-5-10)13-8-4-6-11/h2,12-13H,3-8,10-11H2,1H3. The van der Waals surface area contributed by atoms with Crippen molar-refractivity contribution in [3.05, 3.63) is 11.9 Å². The van der Waals surface area contributed by atoms with Gasteiger partial charge in [0.25, 0.3) is 0 Å². The molecule has 0 spiro atoms. The molecule has 0 saturated heterocycles. The molecule has 0 fully saturated rings. The fourth-order valence-electron chi connectivity index (χ4n) is 0.917. The van der Waals surface area contributed by atoms with Gasteiger partial charge in [0, 0.05) is 13.1 Å². The second-order valence-corrected chi connectivity index (χ2v) is 2.84. The van der Waals surface area contributed by atoms with Crippen LogP contribution in [0.2, 0.25) is 0 Å². The summed E-state index contributed by atoms with van der Waals surface area (Å²) in [5.74, 6) is 1.07. The first kappa shape index (κ1) is 12.3. The number of rotatable bonds is 8. The zero-order valence-electron chi connectivity index (χ0n) is 8.47. The average Bonchev–Trinajstić information content (AvgIpc) is 2.16. The molecule has 0 saturated carbocycles. The van der Waals surface area contributed by atoms with Crippen LogP contribution in [-0.2, 0) is 0 Å². The Morgan fingerprint density at radius 3 is 1.85 bits per heavy atom. The third-order valence-corrected chi connectivity index (χ3v) is 1.68. The summed E-state index contributed by atoms with van der Waals surface area (Å²) in [6.07, 6.45) is 4.01. The van der Waals surface area contributed by atoms with E-state index in [0.717, 1.165) is 44.8 Å². The first-order valence-electron chi connectivity index (χ1n) is 4.89. The van der Waals surface area contributed by atoms with Gasteiger partial charge in [-0.15, -0.1) is 0 Å². The second-order valence-electron chi connectivity index (χ2n) is 2.84. The van der Waals surface area contributed by atoms with Crippen LogP contribution in [0.3, 0.4) is 0 Å². The molecule has 0 atom stereocenters. The van der Waals surface area contributed by atoms with Crippen molar-refractivity contribution in [3.63, 3.8) is 0 Å². The van der Waals surface area contributed by atoms with Crippen LogP contribution in [0.5, 0.6) is 0 Å². The van der Waals surface area contributed by atoms with E-state index in [1.165, 1.54) is 0 Å². The van der Waals surface area contributed by atoms with E-state index in [2.05, 4.69) is 10.6 Å². The van der Waals surface area contributed by atoms with Gasteiger partial charge >= 0.3 is 0 Å². The summed E-state index contributed by atoms with van der Waals surface area (Å²) >= 11 is 0. The van der Waals surface area contributed by atoms with Crippen molar-refractivity contribution in [2.75, 3.05) is 26.2 Å². The Kier molecular flexibility index (Phi) is 8.82. The van der Waals surface area contributed by atoms with Gasteiger partial charge < -0.3 is 22.1 Å². The summed E-state index contributed by atoms with van der Waals surface area (Å²) in [5.41, 5.74) is 10.8. The number of nitrogens with one attached hydrogen (secondary N) is 2. The van der Waals surface area contributed by atoms with Gasteiger partial charge in [-0.1, -0.05) is 0 Å². The molecule has 0 aromatic carbocycles. The summed E-state index contributed by atoms with van der Waals surface area (Å²) < 4.78 is 0. The molecule has 6 N–H and O–H groups in total. The molecule has 0 aromatic heterocycles. The lowest BCUT2D eigenvalue weighted by Gasteiger charge is -2.12. The monoisotopic (exact) mass is 186 g/mol. The van der Waals surface area contributed by atoms with Crippen LogP contribution < -0.4 is 22.1 Å². The number of nitrogens with two attached hydrogens (primary N) is 2. The van der Waals surface area contributed by atoms with E-state index >= 15 is 0 Å². The van der Waals surface area contributed by atoms with E-state index in [0.29, 0.717) is 0 Å². The second kappa shape index (κ2) is 9.35. The molecule has 0 amide bonds. The Hall–Kier alpha value is -0.740. The average molecular weight is 186 g/mol. The summed E-state index contributed by atoms with van der Waals surface area (Å²) in [7, 11) is 0. The molecule has 0 aromatic rings. The van der Waals surface area contributed by atoms with Crippen molar-refractivity contribution in [3.8, 4) is 0 Å². The van der Waals surface area contributed by atoms with Crippen molar-refractivity contribution < 1.29 is 0 Å². The zero-order chi connectivity index (χ0) is 9.94. The minimum atomic E-state index is 0.729. The molecule has 0 rings (SSSR count). The van der Waals surface area contributed by atoms with E-state index < -0.39 is 0 Å². The van der Waals surface area contributed by atoms with Gasteiger partial charge in [0.05, 0.1) is 5.82 Å². The van der Waals surface area contributed by atoms with Crippen molar-refractivity contribution in [1.82, 2.24) is 10.6 Å². The highest BCUT2D eigenvalue weighted by Crippen LogP contribution is 1.84. The van der Waals surface area contributed by atoms with Crippen molar-refractivity contribution in [1.29, 1.82) is 0 Å². The molecule has 0 unspecified atom stereocenters. The van der Waals surface area contributed by atoms with E-state index in [-0.39, 0.29) is 0 Å². The first-order chi connectivity index (χ1) is 6.35. The molecule has 4 nitrogen and oxygen atoms in total. The van der Waals surface area contributed by atoms with Crippen LogP contribution in [0.25, 0.3) is 0 Å². The highest BCUT2D eigenvalue weighted by molar-refractivity contribution is 4.94. The van der Waals surface area contributed by atoms with Crippen molar-refractivity contribution in [2.24, 2.45) is 11.5 Å². The zero-order valence-corrected chi connectivity index (χ0v) is 8.47. The van der Waals surface area contributed by atoms with Crippen LogP contribution in [0.15, 0.2) is 11.9 Å². The summed E-state index contributed by atoms with van der Waals surface area (Å²) in [6, 6.07) is 0. The number of allylic oxidation sites excluding steroid dienone is 1. The molecule has 0 heterocycles. The van der Waals surface area contributed by atoms with Gasteiger partial charge in [-0.2, -0.15) is 0 Å². The molecule has 78 valence electrons. The Bertz CT molecular complexity index is 122. The van der Waals surface area contributed by atoms with E-state index in [1.807, 2.05) is 13.0 Å². The molecule has 0 radical (unpaired) electrons. The molecule has 0 bridgehead atoms. The van der Waals surface area contributed by atoms with Crippen LogP contribution in [0.1, 0.15) is 19.8 Å². The molecule has 4 heteroatoms. The summed E-state index contributed by atoms with van der Waals surface area (Å²) in [6.45, 7) is 5.30. The largest absolute Gasteiger partial charge is 0.372 e. The molecule has 0 aliphatic rings. The van der Waals surface area contributed by atoms with Crippen LogP contribution >= 0.6 is 0 Å². The normalized spacial score (nSPS) is 9.46. The van der Waals surface area contributed by atoms with Gasteiger partial charge in [-0.05, 0) is 38.9 Å². The predicted octanol–water partition coefficient (Wildman–Crippen LogP) is -0.275. The van der Waals surface area contributed by atoms with E-state index in [4.69, 9.17) is 11.5 Å². The number of hydrogen-bond donors (Lipinski definition) is 4. The summed E-state index contributed by atoms with van der Waals surface area (Å²) in [4.78, 5) is 0. The minimum Gasteiger partial charge on any atom is -0.372 e. The Morgan fingerprint density at radius 1 is 1.08 bits per heavy atom. The maximum absolute atomic E-state index is 5.38. The van der Waals surface area contributed by atoms with Crippen LogP contribution in [0, 0.1) is 0 Å². The van der Waals surface area contributed by atoms with Gasteiger partial charge in [-0.3, -0.25) is 0 Å². The van der Waals surface area contributed by atoms with Crippen molar-refractivity contribution >= 4 is 0 Å². The highest BCUT2D eigenvalue weighted by Gasteiger charge is 1.92. The Balaban J connectivity index is 3.41. The maximum atomic E-state index is 5.38. The number of hydrogen-bond acceptors (Lipinski definition) is 4. The third kappa shape index (κ3) is 7.62. The Labute approximate surface area is 80.7 Å². The molecular weight excluding hydrogens is 164 g/mol. The van der Waals surface area contributed by atoms with Crippen molar-refractivity contribution in [2.45, 2.75) is 19.8 Å². The molecule has 0 aliphatic carbocycles. The quantitative estimate of drug-likeness (QED) is 0.393. The topological polar surface area (TPSA) is 76.1 Å². The maximum Gasteiger partial charge on any atom is 0.0942 e. The summed E-state index contributed by atoms with van der Waals surface area (Å²) in [5, 5.41) is 6.52. The fraction of sp³-hybridized carbons (Fsp3) is 0.778. The predicted molar refractivity (Wildman–Crippen MR) is 57.1 cm³/mol. The smallest absolute Gasteiger partial charge is 0.0942 e. The molecule has 13 heavy (non-hydrogen) atoms. The van der Waals surface area contributed by atoms with E-state index in [1.54, 1.807) is 0 Å². The first-order valence-corrected chi connectivity index (χ1v) is 4.89. The minimum absolute atomic E-state index is 0.729. The van der Waals surface area contributed by atoms with Gasteiger partial charge in [0.15, 0.2) is 0 Å². The van der Waals surface area contributed by atoms with E-state index in [9.17, 15) is 0 Å². The molecule has 0 aliphatic heterocycles. The lowest BCUT2D eigenvalue weighted by atomic mass is 10.4. The van der Waals surface area contributed by atoms with Gasteiger partial charge in [-0.25, -0.2) is 0 Å². The lowest BCUT2D eigenvalue weighted by Crippen LogP contribution is -2.29. The lowest BCUT2D eigenvalue weighted by molar-refractivity contribution is 0.640. The Morgan fingerprint density at radius 2 is 1.54 bits per heavy atom.